The van der Waals surface area contributed by atoms with Gasteiger partial charge in [0.2, 0.25) is 5.91 Å². The zero-order valence-electron chi connectivity index (χ0n) is 9.44. The number of aromatic carboxylic acids is 1. The van der Waals surface area contributed by atoms with Gasteiger partial charge < -0.3 is 10.0 Å². The molecule has 92 valence electrons. The molecule has 1 aromatic rings. The highest BCUT2D eigenvalue weighted by Crippen LogP contribution is 2.21. The maximum atomic E-state index is 13.1. The van der Waals surface area contributed by atoms with Gasteiger partial charge in [-0.25, -0.2) is 9.18 Å². The summed E-state index contributed by atoms with van der Waals surface area (Å²) in [6.45, 7) is 0. The average Bonchev–Trinajstić information content (AvgIpc) is 2.26. The van der Waals surface area contributed by atoms with E-state index < -0.39 is 11.8 Å². The minimum absolute atomic E-state index is 0.0869. The smallest absolute Gasteiger partial charge is 0.338 e. The number of carbonyl (C=O) groups is 2. The molecule has 0 unspecified atom stereocenters. The lowest BCUT2D eigenvalue weighted by molar-refractivity contribution is -0.125. The largest absolute Gasteiger partial charge is 0.478 e. The fourth-order valence-corrected chi connectivity index (χ4v) is 1.95. The average molecular weight is 257 g/mol. The SMILES string of the molecule is CN(C)C(=O)CSc1ccc(F)c(C(=O)O)c1. The number of carboxylic acids is 1. The normalized spacial score (nSPS) is 10.1. The number of nitrogens with zero attached hydrogens (tertiary/aromatic N) is 1. The molecule has 1 N–H and O–H groups in total. The second kappa shape index (κ2) is 5.67. The fraction of sp³-hybridized carbons (Fsp3) is 0.273. The van der Waals surface area contributed by atoms with Crippen molar-refractivity contribution in [2.24, 2.45) is 0 Å². The van der Waals surface area contributed by atoms with Crippen molar-refractivity contribution in [1.82, 2.24) is 4.90 Å². The van der Waals surface area contributed by atoms with Crippen molar-refractivity contribution in [3.05, 3.63) is 29.6 Å². The minimum Gasteiger partial charge on any atom is -0.478 e. The maximum Gasteiger partial charge on any atom is 0.338 e. The van der Waals surface area contributed by atoms with Gasteiger partial charge in [-0.15, -0.1) is 11.8 Å². The number of amides is 1. The van der Waals surface area contributed by atoms with E-state index in [9.17, 15) is 14.0 Å². The number of hydrogen-bond donors (Lipinski definition) is 1. The Bertz CT molecular complexity index is 448. The number of hydrogen-bond acceptors (Lipinski definition) is 3. The van der Waals surface area contributed by atoms with Gasteiger partial charge in [0.25, 0.3) is 0 Å². The molecule has 1 rings (SSSR count). The van der Waals surface area contributed by atoms with Gasteiger partial charge in [-0.2, -0.15) is 0 Å². The first-order valence-corrected chi connectivity index (χ1v) is 5.76. The molecule has 0 bridgehead atoms. The van der Waals surface area contributed by atoms with Crippen LogP contribution in [0, 0.1) is 5.82 Å². The first-order chi connectivity index (χ1) is 7.91. The van der Waals surface area contributed by atoms with E-state index in [0.29, 0.717) is 4.90 Å². The number of halogens is 1. The van der Waals surface area contributed by atoms with Crippen molar-refractivity contribution in [3.8, 4) is 0 Å². The topological polar surface area (TPSA) is 57.6 Å². The molecule has 0 aliphatic carbocycles. The molecule has 0 radical (unpaired) electrons. The summed E-state index contributed by atoms with van der Waals surface area (Å²) >= 11 is 1.18. The summed E-state index contributed by atoms with van der Waals surface area (Å²) in [5.41, 5.74) is -0.382. The summed E-state index contributed by atoms with van der Waals surface area (Å²) in [6.07, 6.45) is 0. The van der Waals surface area contributed by atoms with Gasteiger partial charge in [-0.1, -0.05) is 0 Å². The predicted molar refractivity (Wildman–Crippen MR) is 62.8 cm³/mol. The highest BCUT2D eigenvalue weighted by Gasteiger charge is 2.12. The molecule has 0 atom stereocenters. The van der Waals surface area contributed by atoms with Crippen LogP contribution < -0.4 is 0 Å². The zero-order chi connectivity index (χ0) is 13.0. The van der Waals surface area contributed by atoms with Crippen LogP contribution in [0.15, 0.2) is 23.1 Å². The van der Waals surface area contributed by atoms with Gasteiger partial charge in [0, 0.05) is 19.0 Å². The Morgan fingerprint density at radius 1 is 1.41 bits per heavy atom. The molecule has 1 aromatic carbocycles. The van der Waals surface area contributed by atoms with Gasteiger partial charge in [-0.3, -0.25) is 4.79 Å². The minimum atomic E-state index is -1.32. The number of carbonyl (C=O) groups excluding carboxylic acids is 1. The summed E-state index contributed by atoms with van der Waals surface area (Å²) in [7, 11) is 3.27. The van der Waals surface area contributed by atoms with Gasteiger partial charge in [0.1, 0.15) is 5.82 Å². The van der Waals surface area contributed by atoms with Crippen LogP contribution in [-0.2, 0) is 4.79 Å². The Morgan fingerprint density at radius 2 is 2.06 bits per heavy atom. The maximum absolute atomic E-state index is 13.1. The van der Waals surface area contributed by atoms with E-state index >= 15 is 0 Å². The summed E-state index contributed by atoms with van der Waals surface area (Å²) in [5.74, 6) is -1.99. The molecule has 1 amide bonds. The van der Waals surface area contributed by atoms with E-state index in [4.69, 9.17) is 5.11 Å². The van der Waals surface area contributed by atoms with Crippen LogP contribution in [0.25, 0.3) is 0 Å². The molecule has 0 fully saturated rings. The van der Waals surface area contributed by atoms with Crippen LogP contribution in [0.5, 0.6) is 0 Å². The van der Waals surface area contributed by atoms with Crippen LogP contribution in [0.4, 0.5) is 4.39 Å². The molecule has 6 heteroatoms. The Morgan fingerprint density at radius 3 is 2.59 bits per heavy atom. The third-order valence-electron chi connectivity index (χ3n) is 2.03. The fourth-order valence-electron chi connectivity index (χ4n) is 1.03. The molecule has 4 nitrogen and oxygen atoms in total. The standard InChI is InChI=1S/C11H12FNO3S/c1-13(2)10(14)6-17-7-3-4-9(12)8(5-7)11(15)16/h3-5H,6H2,1-2H3,(H,15,16). The lowest BCUT2D eigenvalue weighted by Gasteiger charge is -2.09. The summed E-state index contributed by atoms with van der Waals surface area (Å²) in [4.78, 5) is 24.0. The molecule has 0 aliphatic rings. The van der Waals surface area contributed by atoms with Crippen LogP contribution in [0.3, 0.4) is 0 Å². The Kier molecular flexibility index (Phi) is 4.51. The molecular formula is C11H12FNO3S. The van der Waals surface area contributed by atoms with E-state index in [1.165, 1.54) is 28.8 Å². The van der Waals surface area contributed by atoms with E-state index in [2.05, 4.69) is 0 Å². The molecular weight excluding hydrogens is 245 g/mol. The van der Waals surface area contributed by atoms with Crippen LogP contribution in [-0.4, -0.2) is 41.7 Å². The first kappa shape index (κ1) is 13.5. The Hall–Kier alpha value is -1.56. The van der Waals surface area contributed by atoms with Crippen molar-refractivity contribution in [3.63, 3.8) is 0 Å². The summed E-state index contributed by atoms with van der Waals surface area (Å²) < 4.78 is 13.1. The molecule has 0 aliphatic heterocycles. The number of rotatable bonds is 4. The number of thioether (sulfide) groups is 1. The molecule has 0 aromatic heterocycles. The molecule has 0 spiro atoms. The third-order valence-corrected chi connectivity index (χ3v) is 3.01. The van der Waals surface area contributed by atoms with E-state index in [0.717, 1.165) is 6.07 Å². The zero-order valence-corrected chi connectivity index (χ0v) is 10.3. The number of carboxylic acid groups (broad SMARTS) is 1. The summed E-state index contributed by atoms with van der Waals surface area (Å²) in [5, 5.41) is 8.73. The first-order valence-electron chi connectivity index (χ1n) is 4.77. The van der Waals surface area contributed by atoms with Crippen molar-refractivity contribution in [1.29, 1.82) is 0 Å². The second-order valence-electron chi connectivity index (χ2n) is 3.52. The van der Waals surface area contributed by atoms with Crippen LogP contribution in [0.2, 0.25) is 0 Å². The molecule has 0 saturated carbocycles. The molecule has 0 heterocycles. The van der Waals surface area contributed by atoms with Crippen LogP contribution >= 0.6 is 11.8 Å². The Labute approximate surface area is 102 Å². The monoisotopic (exact) mass is 257 g/mol. The van der Waals surface area contributed by atoms with E-state index in [1.807, 2.05) is 0 Å². The lowest BCUT2D eigenvalue weighted by Crippen LogP contribution is -2.23. The van der Waals surface area contributed by atoms with Crippen LogP contribution in [0.1, 0.15) is 10.4 Å². The van der Waals surface area contributed by atoms with Gasteiger partial charge in [0.05, 0.1) is 11.3 Å². The lowest BCUT2D eigenvalue weighted by atomic mass is 10.2. The van der Waals surface area contributed by atoms with Crippen molar-refractivity contribution in [2.45, 2.75) is 4.90 Å². The van der Waals surface area contributed by atoms with E-state index in [1.54, 1.807) is 14.1 Å². The van der Waals surface area contributed by atoms with E-state index in [-0.39, 0.29) is 17.2 Å². The van der Waals surface area contributed by atoms with Crippen molar-refractivity contribution in [2.75, 3.05) is 19.8 Å². The third kappa shape index (κ3) is 3.74. The quantitative estimate of drug-likeness (QED) is 0.834. The summed E-state index contributed by atoms with van der Waals surface area (Å²) in [6, 6.07) is 3.77. The van der Waals surface area contributed by atoms with Gasteiger partial charge in [-0.05, 0) is 18.2 Å². The molecule has 17 heavy (non-hydrogen) atoms. The van der Waals surface area contributed by atoms with Gasteiger partial charge >= 0.3 is 5.97 Å². The highest BCUT2D eigenvalue weighted by atomic mass is 32.2. The Balaban J connectivity index is 2.76. The predicted octanol–water partition coefficient (Wildman–Crippen LogP) is 1.70. The molecule has 0 saturated heterocycles. The van der Waals surface area contributed by atoms with Crippen molar-refractivity contribution >= 4 is 23.6 Å². The second-order valence-corrected chi connectivity index (χ2v) is 4.57. The number of benzene rings is 1. The van der Waals surface area contributed by atoms with Crippen molar-refractivity contribution < 1.29 is 19.1 Å². The van der Waals surface area contributed by atoms with Gasteiger partial charge in [0.15, 0.2) is 0 Å². The highest BCUT2D eigenvalue weighted by molar-refractivity contribution is 8.00.